The number of likely N-dealkylation sites (tertiary alicyclic amines) is 1. The zero-order valence-corrected chi connectivity index (χ0v) is 18.3. The van der Waals surface area contributed by atoms with E-state index in [0.29, 0.717) is 23.9 Å². The molecule has 4 nitrogen and oxygen atoms in total. The number of hydrogen-bond acceptors (Lipinski definition) is 3. The molecule has 154 valence electrons. The van der Waals surface area contributed by atoms with E-state index in [4.69, 9.17) is 0 Å². The van der Waals surface area contributed by atoms with Crippen LogP contribution in [0.5, 0.6) is 0 Å². The predicted octanol–water partition coefficient (Wildman–Crippen LogP) is 3.72. The number of fused-ring (bicyclic) bond motifs is 2. The minimum Gasteiger partial charge on any atom is -0.343 e. The molecule has 3 fully saturated rings. The molecule has 6 heteroatoms. The third kappa shape index (κ3) is 6.85. The monoisotopic (exact) mass is 407 g/mol. The van der Waals surface area contributed by atoms with Crippen molar-refractivity contribution in [3.05, 3.63) is 0 Å². The Morgan fingerprint density at radius 3 is 2.23 bits per heavy atom. The molecule has 1 amide bonds. The second-order valence-corrected chi connectivity index (χ2v) is 8.62. The molecule has 3 heterocycles. The molecule has 2 bridgehead atoms. The van der Waals surface area contributed by atoms with Crippen molar-refractivity contribution in [3.63, 3.8) is 0 Å². The van der Waals surface area contributed by atoms with Crippen LogP contribution in [0.25, 0.3) is 0 Å². The summed E-state index contributed by atoms with van der Waals surface area (Å²) in [7, 11) is 2.25. The summed E-state index contributed by atoms with van der Waals surface area (Å²) in [6.45, 7) is 6.66. The van der Waals surface area contributed by atoms with Crippen LogP contribution in [0, 0.1) is 11.8 Å². The number of nitrogens with zero attached hydrogens (tertiary/aromatic N) is 2. The van der Waals surface area contributed by atoms with E-state index in [-0.39, 0.29) is 24.8 Å². The van der Waals surface area contributed by atoms with E-state index in [1.54, 1.807) is 0 Å². The maximum Gasteiger partial charge on any atom is 0.222 e. The van der Waals surface area contributed by atoms with Crippen LogP contribution in [0.3, 0.4) is 0 Å². The van der Waals surface area contributed by atoms with Crippen molar-refractivity contribution in [2.24, 2.45) is 11.8 Å². The van der Waals surface area contributed by atoms with Gasteiger partial charge in [0.2, 0.25) is 5.91 Å². The average molecular weight is 408 g/mol. The van der Waals surface area contributed by atoms with E-state index in [1.807, 2.05) is 0 Å². The largest absolute Gasteiger partial charge is 0.343 e. The number of rotatable bonds is 7. The average Bonchev–Trinajstić information content (AvgIpc) is 2.92. The van der Waals surface area contributed by atoms with Crippen molar-refractivity contribution in [1.29, 1.82) is 0 Å². The SMILES string of the molecule is CCCCN(C)CC1CCN(C(=O)CC2CC3CCC(C2)N3)CC1.Cl.Cl. The first kappa shape index (κ1) is 24.0. The number of piperidine rings is 2. The van der Waals surface area contributed by atoms with Crippen LogP contribution < -0.4 is 5.32 Å². The van der Waals surface area contributed by atoms with Crippen LogP contribution in [0.2, 0.25) is 0 Å². The Hall–Kier alpha value is -0.0300. The molecule has 0 aromatic rings. The maximum absolute atomic E-state index is 12.7. The zero-order valence-electron chi connectivity index (χ0n) is 16.6. The topological polar surface area (TPSA) is 35.6 Å². The molecular formula is C20H39Cl2N3O. The summed E-state index contributed by atoms with van der Waals surface area (Å²) in [5.74, 6) is 1.85. The van der Waals surface area contributed by atoms with Gasteiger partial charge in [-0.1, -0.05) is 13.3 Å². The van der Waals surface area contributed by atoms with E-state index in [0.717, 1.165) is 25.4 Å². The van der Waals surface area contributed by atoms with E-state index >= 15 is 0 Å². The van der Waals surface area contributed by atoms with E-state index in [2.05, 4.69) is 29.1 Å². The molecule has 3 aliphatic heterocycles. The number of unbranched alkanes of at least 4 members (excludes halogenated alkanes) is 1. The molecule has 0 aliphatic carbocycles. The highest BCUT2D eigenvalue weighted by atomic mass is 35.5. The Labute approximate surface area is 172 Å². The highest BCUT2D eigenvalue weighted by Gasteiger charge is 2.35. The van der Waals surface area contributed by atoms with Gasteiger partial charge in [0.25, 0.3) is 0 Å². The summed E-state index contributed by atoms with van der Waals surface area (Å²) >= 11 is 0. The van der Waals surface area contributed by atoms with Gasteiger partial charge in [0.05, 0.1) is 0 Å². The van der Waals surface area contributed by atoms with E-state index < -0.39 is 0 Å². The minimum absolute atomic E-state index is 0. The number of nitrogens with one attached hydrogen (secondary N) is 1. The Balaban J connectivity index is 0.00000169. The molecule has 2 unspecified atom stereocenters. The van der Waals surface area contributed by atoms with Gasteiger partial charge in [-0.2, -0.15) is 0 Å². The summed E-state index contributed by atoms with van der Waals surface area (Å²) < 4.78 is 0. The lowest BCUT2D eigenvalue weighted by molar-refractivity contribution is -0.134. The van der Waals surface area contributed by atoms with Crippen LogP contribution in [0.15, 0.2) is 0 Å². The molecule has 0 aromatic carbocycles. The van der Waals surface area contributed by atoms with Crippen LogP contribution in [-0.2, 0) is 4.79 Å². The van der Waals surface area contributed by atoms with Gasteiger partial charge in [0.1, 0.15) is 0 Å². The van der Waals surface area contributed by atoms with Gasteiger partial charge in [0.15, 0.2) is 0 Å². The first-order chi connectivity index (χ1) is 11.6. The lowest BCUT2D eigenvalue weighted by Gasteiger charge is -2.35. The van der Waals surface area contributed by atoms with Gasteiger partial charge in [-0.25, -0.2) is 0 Å². The Morgan fingerprint density at radius 1 is 1.04 bits per heavy atom. The van der Waals surface area contributed by atoms with E-state index in [9.17, 15) is 4.79 Å². The van der Waals surface area contributed by atoms with Gasteiger partial charge in [-0.15, -0.1) is 24.8 Å². The molecule has 3 rings (SSSR count). The van der Waals surface area contributed by atoms with Gasteiger partial charge >= 0.3 is 0 Å². The predicted molar refractivity (Wildman–Crippen MR) is 113 cm³/mol. The van der Waals surface area contributed by atoms with E-state index in [1.165, 1.54) is 64.5 Å². The maximum atomic E-state index is 12.7. The smallest absolute Gasteiger partial charge is 0.222 e. The highest BCUT2D eigenvalue weighted by molar-refractivity contribution is 5.85. The van der Waals surface area contributed by atoms with Crippen LogP contribution in [0.4, 0.5) is 0 Å². The van der Waals surface area contributed by atoms with Gasteiger partial charge < -0.3 is 15.1 Å². The van der Waals surface area contributed by atoms with Crippen molar-refractivity contribution in [2.75, 3.05) is 33.2 Å². The molecule has 1 N–H and O–H groups in total. The van der Waals surface area contributed by atoms with Gasteiger partial charge in [0, 0.05) is 38.1 Å². The molecule has 26 heavy (non-hydrogen) atoms. The normalized spacial score (nSPS) is 28.6. The Morgan fingerprint density at radius 2 is 1.65 bits per heavy atom. The number of hydrogen-bond donors (Lipinski definition) is 1. The van der Waals surface area contributed by atoms with Crippen LogP contribution in [-0.4, -0.2) is 61.0 Å². The van der Waals surface area contributed by atoms with Gasteiger partial charge in [-0.05, 0) is 70.4 Å². The quantitative estimate of drug-likeness (QED) is 0.698. The fraction of sp³-hybridized carbons (Fsp3) is 0.950. The lowest BCUT2D eigenvalue weighted by Crippen LogP contribution is -2.43. The van der Waals surface area contributed by atoms with Crippen molar-refractivity contribution in [1.82, 2.24) is 15.1 Å². The molecule has 0 radical (unpaired) electrons. The van der Waals surface area contributed by atoms with Crippen LogP contribution in [0.1, 0.15) is 64.7 Å². The molecule has 0 spiro atoms. The molecule has 3 aliphatic rings. The minimum atomic E-state index is 0. The van der Waals surface area contributed by atoms with Crippen molar-refractivity contribution >= 4 is 30.7 Å². The fourth-order valence-electron chi connectivity index (χ4n) is 5.04. The Kier molecular flexibility index (Phi) is 10.8. The summed E-state index contributed by atoms with van der Waals surface area (Å²) in [6, 6.07) is 1.40. The third-order valence-electron chi connectivity index (χ3n) is 6.46. The molecule has 3 saturated heterocycles. The van der Waals surface area contributed by atoms with Crippen LogP contribution >= 0.6 is 24.8 Å². The zero-order chi connectivity index (χ0) is 16.9. The third-order valence-corrected chi connectivity index (χ3v) is 6.46. The second kappa shape index (κ2) is 11.7. The molecule has 0 saturated carbocycles. The molecular weight excluding hydrogens is 369 g/mol. The second-order valence-electron chi connectivity index (χ2n) is 8.62. The number of amides is 1. The van der Waals surface area contributed by atoms with Gasteiger partial charge in [-0.3, -0.25) is 4.79 Å². The summed E-state index contributed by atoms with van der Waals surface area (Å²) in [6.07, 6.45) is 10.9. The number of halogens is 2. The number of carbonyl (C=O) groups excluding carboxylic acids is 1. The molecule has 0 aromatic heterocycles. The Bertz CT molecular complexity index is 404. The highest BCUT2D eigenvalue weighted by Crippen LogP contribution is 2.33. The lowest BCUT2D eigenvalue weighted by atomic mass is 9.88. The van der Waals surface area contributed by atoms with Crippen molar-refractivity contribution in [3.8, 4) is 0 Å². The summed E-state index contributed by atoms with van der Waals surface area (Å²) in [4.78, 5) is 17.3. The van der Waals surface area contributed by atoms with Crippen molar-refractivity contribution < 1.29 is 4.79 Å². The fourth-order valence-corrected chi connectivity index (χ4v) is 5.04. The first-order valence-electron chi connectivity index (χ1n) is 10.4. The summed E-state index contributed by atoms with van der Waals surface area (Å²) in [5, 5.41) is 3.68. The first-order valence-corrected chi connectivity index (χ1v) is 10.4. The standard InChI is InChI=1S/C20H37N3O.2ClH/c1-3-4-9-22(2)15-16-7-10-23(11-8-16)20(24)14-17-12-18-5-6-19(13-17)21-18;;/h16-19,21H,3-15H2,1-2H3;2*1H. The number of carbonyl (C=O) groups is 1. The molecule has 2 atom stereocenters. The summed E-state index contributed by atoms with van der Waals surface area (Å²) in [5.41, 5.74) is 0. The van der Waals surface area contributed by atoms with Crippen molar-refractivity contribution in [2.45, 2.75) is 76.8 Å².